The summed E-state index contributed by atoms with van der Waals surface area (Å²) in [7, 11) is 0. The van der Waals surface area contributed by atoms with E-state index in [0.29, 0.717) is 30.4 Å². The number of aryl methyl sites for hydroxylation is 1. The van der Waals surface area contributed by atoms with Gasteiger partial charge in [-0.05, 0) is 19.1 Å². The van der Waals surface area contributed by atoms with Crippen molar-refractivity contribution in [3.63, 3.8) is 0 Å². The summed E-state index contributed by atoms with van der Waals surface area (Å²) in [6, 6.07) is 7.82. The predicted octanol–water partition coefficient (Wildman–Crippen LogP) is 1.28. The molecule has 0 bridgehead atoms. The Balaban J connectivity index is 1.56. The molecule has 1 aliphatic heterocycles. The van der Waals surface area contributed by atoms with Crippen molar-refractivity contribution in [3.8, 4) is 6.01 Å². The molecule has 3 rings (SSSR count). The van der Waals surface area contributed by atoms with Gasteiger partial charge in [0.25, 0.3) is 0 Å². The number of nitrogen functional groups attached to an aromatic ring is 2. The Hall–Kier alpha value is -2.71. The minimum Gasteiger partial charge on any atom is -0.462 e. The zero-order valence-corrected chi connectivity index (χ0v) is 15.6. The maximum absolute atomic E-state index is 5.96. The maximum atomic E-state index is 5.96. The highest BCUT2D eigenvalue weighted by Crippen LogP contribution is 2.13. The Labute approximate surface area is 159 Å². The Bertz CT molecular complexity index is 790. The molecule has 1 saturated heterocycles. The minimum absolute atomic E-state index is 0.281. The second-order valence-corrected chi connectivity index (χ2v) is 6.47. The van der Waals surface area contributed by atoms with E-state index in [4.69, 9.17) is 20.9 Å². The molecule has 0 radical (unpaired) electrons. The van der Waals surface area contributed by atoms with E-state index in [0.717, 1.165) is 44.0 Å². The molecule has 0 amide bonds. The van der Waals surface area contributed by atoms with Gasteiger partial charge >= 0.3 is 6.01 Å². The molecule has 2 heterocycles. The number of anilines is 2. The number of rotatable bonds is 7. The Kier molecular flexibility index (Phi) is 6.56. The lowest BCUT2D eigenvalue weighted by atomic mass is 10.1. The van der Waals surface area contributed by atoms with Crippen molar-refractivity contribution < 1.29 is 9.47 Å². The predicted molar refractivity (Wildman–Crippen MR) is 106 cm³/mol. The van der Waals surface area contributed by atoms with E-state index in [9.17, 15) is 0 Å². The quantitative estimate of drug-likeness (QED) is 0.558. The summed E-state index contributed by atoms with van der Waals surface area (Å²) in [5, 5.41) is 0. The fourth-order valence-electron chi connectivity index (χ4n) is 2.77. The number of aromatic nitrogens is 2. The molecule has 0 saturated carbocycles. The summed E-state index contributed by atoms with van der Waals surface area (Å²) >= 11 is 0. The number of benzene rings is 1. The molecule has 0 atom stereocenters. The molecule has 144 valence electrons. The van der Waals surface area contributed by atoms with Crippen molar-refractivity contribution in [3.05, 3.63) is 41.1 Å². The molecular weight excluding hydrogens is 344 g/mol. The zero-order valence-electron chi connectivity index (χ0n) is 15.6. The Morgan fingerprint density at radius 3 is 2.85 bits per heavy atom. The van der Waals surface area contributed by atoms with E-state index in [-0.39, 0.29) is 6.01 Å². The number of morpholine rings is 1. The van der Waals surface area contributed by atoms with E-state index in [1.54, 1.807) is 12.3 Å². The van der Waals surface area contributed by atoms with Gasteiger partial charge in [-0.15, -0.1) is 0 Å². The van der Waals surface area contributed by atoms with Crippen LogP contribution in [0.15, 0.2) is 29.3 Å². The molecule has 1 fully saturated rings. The second-order valence-electron chi connectivity index (χ2n) is 6.47. The first-order chi connectivity index (χ1) is 13.1. The smallest absolute Gasteiger partial charge is 0.318 e. The van der Waals surface area contributed by atoms with Gasteiger partial charge in [0.1, 0.15) is 12.4 Å². The molecule has 1 aromatic carbocycles. The topological polar surface area (TPSA) is 112 Å². The zero-order chi connectivity index (χ0) is 19.1. The fourth-order valence-corrected chi connectivity index (χ4v) is 2.77. The lowest BCUT2D eigenvalue weighted by Gasteiger charge is -2.26. The van der Waals surface area contributed by atoms with Crippen LogP contribution in [0.3, 0.4) is 0 Å². The van der Waals surface area contributed by atoms with Crippen LogP contribution in [0.4, 0.5) is 11.5 Å². The monoisotopic (exact) mass is 370 g/mol. The number of aliphatic imine (C=N–C) groups is 1. The van der Waals surface area contributed by atoms with Crippen LogP contribution in [0.1, 0.15) is 16.8 Å². The molecule has 0 spiro atoms. The van der Waals surface area contributed by atoms with Gasteiger partial charge in [0, 0.05) is 43.2 Å². The average molecular weight is 370 g/mol. The van der Waals surface area contributed by atoms with E-state index in [1.165, 1.54) is 0 Å². The lowest BCUT2D eigenvalue weighted by molar-refractivity contribution is 0.0317. The third kappa shape index (κ3) is 5.90. The van der Waals surface area contributed by atoms with Crippen LogP contribution in [-0.4, -0.2) is 60.5 Å². The third-order valence-corrected chi connectivity index (χ3v) is 4.25. The molecule has 0 unspecified atom stereocenters. The summed E-state index contributed by atoms with van der Waals surface area (Å²) in [4.78, 5) is 15.2. The van der Waals surface area contributed by atoms with Crippen LogP contribution in [0, 0.1) is 6.92 Å². The van der Waals surface area contributed by atoms with Crippen LogP contribution in [0.25, 0.3) is 0 Å². The largest absolute Gasteiger partial charge is 0.462 e. The SMILES string of the molecule is Cc1ccc(N)c(C=NCc2cc(N)nc(OCCN3CCOCC3)n2)c1. The van der Waals surface area contributed by atoms with Gasteiger partial charge in [-0.25, -0.2) is 0 Å². The third-order valence-electron chi connectivity index (χ3n) is 4.25. The summed E-state index contributed by atoms with van der Waals surface area (Å²) in [5.41, 5.74) is 15.2. The van der Waals surface area contributed by atoms with Crippen LogP contribution in [0.2, 0.25) is 0 Å². The number of hydrogen-bond acceptors (Lipinski definition) is 8. The fraction of sp³-hybridized carbons (Fsp3) is 0.421. The Morgan fingerprint density at radius 1 is 1.22 bits per heavy atom. The minimum atomic E-state index is 0.281. The Morgan fingerprint density at radius 2 is 2.04 bits per heavy atom. The summed E-state index contributed by atoms with van der Waals surface area (Å²) in [6.45, 7) is 7.08. The van der Waals surface area contributed by atoms with Crippen LogP contribution in [0.5, 0.6) is 6.01 Å². The molecule has 2 aromatic rings. The van der Waals surface area contributed by atoms with E-state index in [1.807, 2.05) is 25.1 Å². The number of ether oxygens (including phenoxy) is 2. The molecular formula is C19H26N6O2. The van der Waals surface area contributed by atoms with Gasteiger partial charge < -0.3 is 20.9 Å². The molecule has 8 heteroatoms. The van der Waals surface area contributed by atoms with Gasteiger partial charge in [0.2, 0.25) is 0 Å². The van der Waals surface area contributed by atoms with Crippen LogP contribution >= 0.6 is 0 Å². The van der Waals surface area contributed by atoms with Gasteiger partial charge in [-0.1, -0.05) is 11.6 Å². The van der Waals surface area contributed by atoms with Crippen LogP contribution < -0.4 is 16.2 Å². The summed E-state index contributed by atoms with van der Waals surface area (Å²) in [5.74, 6) is 0.367. The van der Waals surface area contributed by atoms with Crippen molar-refractivity contribution >= 4 is 17.7 Å². The number of hydrogen-bond donors (Lipinski definition) is 2. The molecule has 8 nitrogen and oxygen atoms in total. The first kappa shape index (κ1) is 19.1. The van der Waals surface area contributed by atoms with Crippen molar-refractivity contribution in [2.45, 2.75) is 13.5 Å². The highest BCUT2D eigenvalue weighted by atomic mass is 16.5. The van der Waals surface area contributed by atoms with E-state index in [2.05, 4.69) is 19.9 Å². The molecule has 1 aliphatic rings. The van der Waals surface area contributed by atoms with Crippen molar-refractivity contribution in [1.29, 1.82) is 0 Å². The molecule has 27 heavy (non-hydrogen) atoms. The normalized spacial score (nSPS) is 15.3. The van der Waals surface area contributed by atoms with Crippen molar-refractivity contribution in [2.24, 2.45) is 4.99 Å². The molecule has 0 aliphatic carbocycles. The molecule has 4 N–H and O–H groups in total. The second kappa shape index (κ2) is 9.29. The first-order valence-electron chi connectivity index (χ1n) is 9.02. The maximum Gasteiger partial charge on any atom is 0.318 e. The highest BCUT2D eigenvalue weighted by molar-refractivity contribution is 5.87. The standard InChI is InChI=1S/C19H26N6O2/c1-14-2-3-17(20)15(10-14)12-22-13-16-11-18(21)24-19(23-16)27-9-6-25-4-7-26-8-5-25/h2-3,10-12H,4-9,13,20H2,1H3,(H2,21,23,24). The average Bonchev–Trinajstić information content (AvgIpc) is 2.65. The van der Waals surface area contributed by atoms with Gasteiger partial charge in [-0.3, -0.25) is 9.89 Å². The molecule has 1 aromatic heterocycles. The summed E-state index contributed by atoms with van der Waals surface area (Å²) in [6.07, 6.45) is 1.75. The van der Waals surface area contributed by atoms with Crippen molar-refractivity contribution in [2.75, 3.05) is 50.9 Å². The van der Waals surface area contributed by atoms with Crippen molar-refractivity contribution in [1.82, 2.24) is 14.9 Å². The van der Waals surface area contributed by atoms with E-state index >= 15 is 0 Å². The number of nitrogens with two attached hydrogens (primary N) is 2. The highest BCUT2D eigenvalue weighted by Gasteiger charge is 2.10. The van der Waals surface area contributed by atoms with Gasteiger partial charge in [-0.2, -0.15) is 9.97 Å². The number of nitrogens with zero attached hydrogens (tertiary/aromatic N) is 4. The lowest BCUT2D eigenvalue weighted by Crippen LogP contribution is -2.38. The van der Waals surface area contributed by atoms with Gasteiger partial charge in [0.05, 0.1) is 25.5 Å². The summed E-state index contributed by atoms with van der Waals surface area (Å²) < 4.78 is 11.0. The van der Waals surface area contributed by atoms with Crippen LogP contribution in [-0.2, 0) is 11.3 Å². The first-order valence-corrected chi connectivity index (χ1v) is 9.02. The van der Waals surface area contributed by atoms with Gasteiger partial charge in [0.15, 0.2) is 0 Å². The van der Waals surface area contributed by atoms with E-state index < -0.39 is 0 Å².